The van der Waals surface area contributed by atoms with Crippen molar-refractivity contribution in [1.82, 2.24) is 29.7 Å². The van der Waals surface area contributed by atoms with Crippen molar-refractivity contribution in [3.05, 3.63) is 95.4 Å². The Kier molecular flexibility index (Phi) is 8.02. The van der Waals surface area contributed by atoms with E-state index in [-0.39, 0.29) is 17.1 Å². The predicted octanol–water partition coefficient (Wildman–Crippen LogP) is 6.14. The van der Waals surface area contributed by atoms with Crippen LogP contribution >= 0.6 is 0 Å². The first-order valence-corrected chi connectivity index (χ1v) is 14.1. The van der Waals surface area contributed by atoms with E-state index in [1.54, 1.807) is 61.1 Å². The molecule has 12 heteroatoms. The first-order valence-electron chi connectivity index (χ1n) is 14.1. The van der Waals surface area contributed by atoms with E-state index in [2.05, 4.69) is 35.1 Å². The number of ether oxygens (including phenoxy) is 1. The fourth-order valence-corrected chi connectivity index (χ4v) is 5.06. The summed E-state index contributed by atoms with van der Waals surface area (Å²) < 4.78 is 47.6. The highest BCUT2D eigenvalue weighted by molar-refractivity contribution is 6.04. The molecule has 0 radical (unpaired) electrons. The lowest BCUT2D eigenvalue weighted by molar-refractivity contribution is -0.137. The van der Waals surface area contributed by atoms with E-state index in [0.717, 1.165) is 49.4 Å². The van der Waals surface area contributed by atoms with Crippen LogP contribution in [0.4, 0.5) is 18.9 Å². The van der Waals surface area contributed by atoms with Crippen LogP contribution in [0.25, 0.3) is 22.4 Å². The first-order chi connectivity index (χ1) is 21.1. The molecule has 6 rings (SSSR count). The lowest BCUT2D eigenvalue weighted by Gasteiger charge is -2.32. The van der Waals surface area contributed by atoms with Crippen molar-refractivity contribution >= 4 is 22.6 Å². The Bertz CT molecular complexity index is 1800. The fraction of sp³-hybridized carbons (Fsp3) is 0.250. The van der Waals surface area contributed by atoms with Crippen LogP contribution in [0.15, 0.2) is 73.2 Å². The average Bonchev–Trinajstić information content (AvgIpc) is 3.48. The standard InChI is InChI=1S/C32H30F3N7O2/c1-20-3-4-23(17-27(20)44-31-28-26(7-10-37-28)39-29(40-31)22-5-8-36-9-6-22)30(43)38-25-16-21(15-24(18-25)32(33,34)35)19-42-13-11-41(2)12-14-42/h3-10,15-18,37H,11-14,19H2,1-2H3,(H,38,43). The van der Waals surface area contributed by atoms with Gasteiger partial charge < -0.3 is 19.9 Å². The second-order valence-electron chi connectivity index (χ2n) is 10.9. The largest absolute Gasteiger partial charge is 0.437 e. The molecule has 0 saturated carbocycles. The number of anilines is 1. The zero-order chi connectivity index (χ0) is 30.8. The van der Waals surface area contributed by atoms with Gasteiger partial charge in [0.1, 0.15) is 11.3 Å². The highest BCUT2D eigenvalue weighted by atomic mass is 19.4. The molecule has 4 heterocycles. The van der Waals surface area contributed by atoms with Gasteiger partial charge in [-0.25, -0.2) is 4.98 Å². The number of carbonyl (C=O) groups is 1. The number of piperazine rings is 1. The van der Waals surface area contributed by atoms with E-state index in [1.165, 1.54) is 0 Å². The summed E-state index contributed by atoms with van der Waals surface area (Å²) in [5, 5.41) is 2.66. The normalized spacial score (nSPS) is 14.6. The van der Waals surface area contributed by atoms with Gasteiger partial charge in [-0.15, -0.1) is 0 Å². The van der Waals surface area contributed by atoms with Gasteiger partial charge in [-0.1, -0.05) is 6.07 Å². The number of halogens is 3. The molecule has 1 aliphatic rings. The summed E-state index contributed by atoms with van der Waals surface area (Å²) in [6.45, 7) is 5.38. The number of aromatic amines is 1. The van der Waals surface area contributed by atoms with E-state index >= 15 is 0 Å². The zero-order valence-electron chi connectivity index (χ0n) is 24.2. The summed E-state index contributed by atoms with van der Waals surface area (Å²) in [6, 6.07) is 14.0. The van der Waals surface area contributed by atoms with Gasteiger partial charge in [0.25, 0.3) is 5.91 Å². The van der Waals surface area contributed by atoms with Crippen LogP contribution in [0.2, 0.25) is 0 Å². The van der Waals surface area contributed by atoms with Crippen LogP contribution < -0.4 is 10.1 Å². The Labute approximate surface area is 251 Å². The van der Waals surface area contributed by atoms with Crippen molar-refractivity contribution < 1.29 is 22.7 Å². The number of hydrogen-bond acceptors (Lipinski definition) is 7. The molecule has 1 amide bonds. The summed E-state index contributed by atoms with van der Waals surface area (Å²) in [7, 11) is 2.02. The number of amides is 1. The number of aryl methyl sites for hydroxylation is 1. The third-order valence-corrected chi connectivity index (χ3v) is 7.55. The third kappa shape index (κ3) is 6.56. The SMILES string of the molecule is Cc1ccc(C(=O)Nc2cc(CN3CCN(C)CC3)cc(C(F)(F)F)c2)cc1Oc1nc(-c2ccncc2)nc2cc[nH]c12. The molecule has 0 spiro atoms. The summed E-state index contributed by atoms with van der Waals surface area (Å²) >= 11 is 0. The highest BCUT2D eigenvalue weighted by Gasteiger charge is 2.31. The van der Waals surface area contributed by atoms with Crippen molar-refractivity contribution in [3.63, 3.8) is 0 Å². The Morgan fingerprint density at radius 2 is 1.77 bits per heavy atom. The molecule has 2 aromatic carbocycles. The Hall–Kier alpha value is -4.81. The predicted molar refractivity (Wildman–Crippen MR) is 161 cm³/mol. The van der Waals surface area contributed by atoms with Crippen molar-refractivity contribution in [3.8, 4) is 23.0 Å². The van der Waals surface area contributed by atoms with E-state index in [0.29, 0.717) is 34.7 Å². The molecule has 0 unspecified atom stereocenters. The Morgan fingerprint density at radius 1 is 1.00 bits per heavy atom. The van der Waals surface area contributed by atoms with Crippen LogP contribution in [0, 0.1) is 6.92 Å². The smallest absolute Gasteiger partial charge is 0.416 e. The number of rotatable bonds is 7. The van der Waals surface area contributed by atoms with Crippen LogP contribution in [0.5, 0.6) is 11.6 Å². The molecule has 0 bridgehead atoms. The molecule has 0 atom stereocenters. The minimum Gasteiger partial charge on any atom is -0.437 e. The second kappa shape index (κ2) is 12.1. The molecule has 44 heavy (non-hydrogen) atoms. The number of H-pyrrole nitrogens is 1. The maximum atomic E-state index is 13.8. The number of benzene rings is 2. The third-order valence-electron chi connectivity index (χ3n) is 7.55. The second-order valence-corrected chi connectivity index (χ2v) is 10.9. The maximum absolute atomic E-state index is 13.8. The minimum atomic E-state index is -4.56. The van der Waals surface area contributed by atoms with Crippen molar-refractivity contribution in [1.29, 1.82) is 0 Å². The molecule has 1 aliphatic heterocycles. The van der Waals surface area contributed by atoms with Crippen LogP contribution in [0.3, 0.4) is 0 Å². The number of nitrogens with one attached hydrogen (secondary N) is 2. The monoisotopic (exact) mass is 601 g/mol. The lowest BCUT2D eigenvalue weighted by Crippen LogP contribution is -2.43. The lowest BCUT2D eigenvalue weighted by atomic mass is 10.1. The molecule has 226 valence electrons. The van der Waals surface area contributed by atoms with Gasteiger partial charge in [-0.2, -0.15) is 18.2 Å². The minimum absolute atomic E-state index is 0.0721. The first kappa shape index (κ1) is 29.3. The van der Waals surface area contributed by atoms with E-state index < -0.39 is 17.6 Å². The topological polar surface area (TPSA) is 99.3 Å². The maximum Gasteiger partial charge on any atom is 0.416 e. The molecular weight excluding hydrogens is 571 g/mol. The molecule has 1 fully saturated rings. The van der Waals surface area contributed by atoms with Gasteiger partial charge in [0.2, 0.25) is 5.88 Å². The van der Waals surface area contributed by atoms with Crippen LogP contribution in [-0.2, 0) is 12.7 Å². The van der Waals surface area contributed by atoms with E-state index in [4.69, 9.17) is 4.74 Å². The molecule has 2 N–H and O–H groups in total. The van der Waals surface area contributed by atoms with E-state index in [9.17, 15) is 18.0 Å². The van der Waals surface area contributed by atoms with E-state index in [1.807, 2.05) is 14.0 Å². The zero-order valence-corrected chi connectivity index (χ0v) is 24.2. The molecule has 9 nitrogen and oxygen atoms in total. The van der Waals surface area contributed by atoms with Gasteiger partial charge in [-0.05, 0) is 73.6 Å². The molecular formula is C32H30F3N7O2. The van der Waals surface area contributed by atoms with Gasteiger partial charge in [0, 0.05) is 68.1 Å². The number of fused-ring (bicyclic) bond motifs is 1. The number of aromatic nitrogens is 4. The molecule has 3 aromatic heterocycles. The summed E-state index contributed by atoms with van der Waals surface area (Å²) in [5.41, 5.74) is 2.68. The van der Waals surface area contributed by atoms with Gasteiger partial charge in [0.05, 0.1) is 11.1 Å². The quantitative estimate of drug-likeness (QED) is 0.231. The Morgan fingerprint density at radius 3 is 2.52 bits per heavy atom. The Balaban J connectivity index is 1.26. The number of nitrogens with zero attached hydrogens (tertiary/aromatic N) is 5. The van der Waals surface area contributed by atoms with Gasteiger partial charge in [-0.3, -0.25) is 14.7 Å². The molecule has 0 aliphatic carbocycles. The number of pyridine rings is 1. The number of hydrogen-bond donors (Lipinski definition) is 2. The number of alkyl halides is 3. The van der Waals surface area contributed by atoms with Crippen molar-refractivity contribution in [2.75, 3.05) is 38.5 Å². The summed E-state index contributed by atoms with van der Waals surface area (Å²) in [6.07, 6.45) is 0.462. The average molecular weight is 602 g/mol. The van der Waals surface area contributed by atoms with Crippen LogP contribution in [-0.4, -0.2) is 68.9 Å². The highest BCUT2D eigenvalue weighted by Crippen LogP contribution is 2.34. The summed E-state index contributed by atoms with van der Waals surface area (Å²) in [5.74, 6) is 0.509. The number of carbonyl (C=O) groups excluding carboxylic acids is 1. The van der Waals surface area contributed by atoms with Crippen molar-refractivity contribution in [2.24, 2.45) is 0 Å². The number of likely N-dealkylation sites (N-methyl/N-ethyl adjacent to an activating group) is 1. The molecule has 1 saturated heterocycles. The van der Waals surface area contributed by atoms with Crippen molar-refractivity contribution in [2.45, 2.75) is 19.6 Å². The van der Waals surface area contributed by atoms with Gasteiger partial charge >= 0.3 is 6.18 Å². The fourth-order valence-electron chi connectivity index (χ4n) is 5.06. The van der Waals surface area contributed by atoms with Crippen LogP contribution in [0.1, 0.15) is 27.0 Å². The molecule has 5 aromatic rings. The summed E-state index contributed by atoms with van der Waals surface area (Å²) in [4.78, 5) is 34.0. The van der Waals surface area contributed by atoms with Gasteiger partial charge in [0.15, 0.2) is 5.82 Å².